The molecular formula is C20H18ClN3O2S. The van der Waals surface area contributed by atoms with Crippen LogP contribution in [0.2, 0.25) is 5.02 Å². The highest BCUT2D eigenvalue weighted by molar-refractivity contribution is 7.18. The average molecular weight is 400 g/mol. The van der Waals surface area contributed by atoms with Gasteiger partial charge in [-0.05, 0) is 36.8 Å². The molecule has 0 radical (unpaired) electrons. The fourth-order valence-corrected chi connectivity index (χ4v) is 4.36. The van der Waals surface area contributed by atoms with Gasteiger partial charge in [0, 0.05) is 30.2 Å². The number of aryl methyl sites for hydroxylation is 1. The Labute approximate surface area is 166 Å². The number of halogens is 1. The molecule has 7 heteroatoms. The Kier molecular flexibility index (Phi) is 4.85. The molecule has 27 heavy (non-hydrogen) atoms. The van der Waals surface area contributed by atoms with E-state index in [0.717, 1.165) is 26.5 Å². The van der Waals surface area contributed by atoms with E-state index in [4.69, 9.17) is 11.6 Å². The van der Waals surface area contributed by atoms with Crippen molar-refractivity contribution in [1.82, 2.24) is 9.88 Å². The Morgan fingerprint density at radius 2 is 2.15 bits per heavy atom. The van der Waals surface area contributed by atoms with Crippen LogP contribution in [0, 0.1) is 12.8 Å². The molecule has 0 bridgehead atoms. The summed E-state index contributed by atoms with van der Waals surface area (Å²) in [6.07, 6.45) is 0.220. The summed E-state index contributed by atoms with van der Waals surface area (Å²) in [5, 5.41) is 4.56. The Morgan fingerprint density at radius 3 is 2.96 bits per heavy atom. The first-order chi connectivity index (χ1) is 13.0. The van der Waals surface area contributed by atoms with Crippen LogP contribution in [-0.4, -0.2) is 28.2 Å². The van der Waals surface area contributed by atoms with Gasteiger partial charge >= 0.3 is 0 Å². The molecule has 0 aliphatic carbocycles. The minimum Gasteiger partial charge on any atom is -0.337 e. The van der Waals surface area contributed by atoms with Gasteiger partial charge in [0.2, 0.25) is 11.8 Å². The fraction of sp³-hybridized carbons (Fsp3) is 0.250. The lowest BCUT2D eigenvalue weighted by molar-refractivity contribution is -0.128. The first kappa shape index (κ1) is 17.9. The number of carbonyl (C=O) groups excluding carboxylic acids is 2. The number of hydrogen-bond donors (Lipinski definition) is 1. The van der Waals surface area contributed by atoms with E-state index in [1.807, 2.05) is 43.3 Å². The van der Waals surface area contributed by atoms with Crippen molar-refractivity contribution < 1.29 is 9.59 Å². The molecule has 0 saturated carbocycles. The first-order valence-electron chi connectivity index (χ1n) is 8.69. The summed E-state index contributed by atoms with van der Waals surface area (Å²) in [7, 11) is 0. The van der Waals surface area contributed by atoms with Crippen LogP contribution in [0.25, 0.3) is 10.2 Å². The van der Waals surface area contributed by atoms with E-state index >= 15 is 0 Å². The summed E-state index contributed by atoms with van der Waals surface area (Å²) >= 11 is 7.78. The maximum absolute atomic E-state index is 12.6. The van der Waals surface area contributed by atoms with Crippen molar-refractivity contribution >= 4 is 50.7 Å². The Bertz CT molecular complexity index is 1030. The molecule has 1 saturated heterocycles. The third kappa shape index (κ3) is 3.82. The number of fused-ring (bicyclic) bond motifs is 1. The van der Waals surface area contributed by atoms with Gasteiger partial charge in [-0.1, -0.05) is 29.8 Å². The maximum Gasteiger partial charge on any atom is 0.229 e. The Hall–Kier alpha value is -2.44. The zero-order chi connectivity index (χ0) is 19.0. The number of carbonyl (C=O) groups is 2. The van der Waals surface area contributed by atoms with Crippen molar-refractivity contribution in [2.75, 3.05) is 11.9 Å². The summed E-state index contributed by atoms with van der Waals surface area (Å²) in [5.41, 5.74) is 2.55. The van der Waals surface area contributed by atoms with Gasteiger partial charge in [0.25, 0.3) is 0 Å². The van der Waals surface area contributed by atoms with Crippen LogP contribution in [0.3, 0.4) is 0 Å². The normalized spacial score (nSPS) is 16.9. The van der Waals surface area contributed by atoms with Crippen molar-refractivity contribution in [3.05, 3.63) is 58.1 Å². The van der Waals surface area contributed by atoms with Gasteiger partial charge in [-0.2, -0.15) is 0 Å². The molecule has 2 heterocycles. The lowest BCUT2D eigenvalue weighted by atomic mass is 10.1. The number of nitrogens with zero attached hydrogens (tertiary/aromatic N) is 2. The van der Waals surface area contributed by atoms with Crippen LogP contribution < -0.4 is 5.32 Å². The second-order valence-electron chi connectivity index (χ2n) is 6.67. The van der Waals surface area contributed by atoms with E-state index in [1.54, 1.807) is 22.3 Å². The number of thiazole rings is 1. The largest absolute Gasteiger partial charge is 0.337 e. The van der Waals surface area contributed by atoms with Crippen molar-refractivity contribution in [3.8, 4) is 0 Å². The highest BCUT2D eigenvalue weighted by Crippen LogP contribution is 2.27. The first-order valence-corrected chi connectivity index (χ1v) is 9.88. The molecule has 1 atom stereocenters. The lowest BCUT2D eigenvalue weighted by Crippen LogP contribution is -2.28. The summed E-state index contributed by atoms with van der Waals surface area (Å²) in [6, 6.07) is 13.1. The molecule has 5 nitrogen and oxygen atoms in total. The van der Waals surface area contributed by atoms with Gasteiger partial charge in [-0.15, -0.1) is 11.3 Å². The lowest BCUT2D eigenvalue weighted by Gasteiger charge is -2.17. The van der Waals surface area contributed by atoms with Crippen LogP contribution in [-0.2, 0) is 16.1 Å². The van der Waals surface area contributed by atoms with E-state index in [9.17, 15) is 9.59 Å². The quantitative estimate of drug-likeness (QED) is 0.713. The third-order valence-corrected chi connectivity index (χ3v) is 5.97. The Balaban J connectivity index is 1.43. The molecule has 0 spiro atoms. The molecule has 1 fully saturated rings. The number of nitrogens with one attached hydrogen (secondary N) is 1. The standard InChI is InChI=1S/C20H18ClN3O2S/c1-12-22-17-7-6-15(9-18(17)27-12)23-20(26)14-8-19(25)24(11-14)10-13-4-2-3-5-16(13)21/h2-7,9,14H,8,10-11H2,1H3,(H,23,26)/t14-/m0/s1. The molecule has 0 unspecified atom stereocenters. The van der Waals surface area contributed by atoms with Crippen molar-refractivity contribution in [2.24, 2.45) is 5.92 Å². The summed E-state index contributed by atoms with van der Waals surface area (Å²) in [6.45, 7) is 2.78. The second kappa shape index (κ2) is 7.29. The van der Waals surface area contributed by atoms with Crippen LogP contribution in [0.15, 0.2) is 42.5 Å². The summed E-state index contributed by atoms with van der Waals surface area (Å²) < 4.78 is 1.04. The van der Waals surface area contributed by atoms with Crippen molar-refractivity contribution in [3.63, 3.8) is 0 Å². The van der Waals surface area contributed by atoms with E-state index in [2.05, 4.69) is 10.3 Å². The van der Waals surface area contributed by atoms with Gasteiger partial charge in [0.15, 0.2) is 0 Å². The van der Waals surface area contributed by atoms with E-state index in [1.165, 1.54) is 0 Å². The van der Waals surface area contributed by atoms with Gasteiger partial charge in [-0.3, -0.25) is 9.59 Å². The average Bonchev–Trinajstić information content (AvgIpc) is 3.18. The molecule has 2 amide bonds. The molecule has 1 N–H and O–H groups in total. The number of amides is 2. The van der Waals surface area contributed by atoms with E-state index in [-0.39, 0.29) is 24.2 Å². The van der Waals surface area contributed by atoms with Gasteiger partial charge in [0.1, 0.15) is 0 Å². The minimum absolute atomic E-state index is 0.0244. The molecule has 1 aliphatic heterocycles. The Morgan fingerprint density at radius 1 is 1.33 bits per heavy atom. The van der Waals surface area contributed by atoms with Crippen LogP contribution in [0.5, 0.6) is 0 Å². The highest BCUT2D eigenvalue weighted by atomic mass is 35.5. The number of anilines is 1. The smallest absolute Gasteiger partial charge is 0.229 e. The number of benzene rings is 2. The SMILES string of the molecule is Cc1nc2ccc(NC(=O)[C@H]3CC(=O)N(Cc4ccccc4Cl)C3)cc2s1. The number of hydrogen-bond acceptors (Lipinski definition) is 4. The van der Waals surface area contributed by atoms with Gasteiger partial charge in [-0.25, -0.2) is 4.98 Å². The molecule has 1 aromatic heterocycles. The van der Waals surface area contributed by atoms with Gasteiger partial charge < -0.3 is 10.2 Å². The summed E-state index contributed by atoms with van der Waals surface area (Å²) in [4.78, 5) is 31.1. The monoisotopic (exact) mass is 399 g/mol. The number of likely N-dealkylation sites (tertiary alicyclic amines) is 1. The highest BCUT2D eigenvalue weighted by Gasteiger charge is 2.34. The zero-order valence-electron chi connectivity index (χ0n) is 14.7. The van der Waals surface area contributed by atoms with E-state index < -0.39 is 0 Å². The predicted octanol–water partition coefficient (Wildman–Crippen LogP) is 4.25. The van der Waals surface area contributed by atoms with Gasteiger partial charge in [0.05, 0.1) is 21.1 Å². The second-order valence-corrected chi connectivity index (χ2v) is 8.31. The molecule has 2 aromatic carbocycles. The third-order valence-electron chi connectivity index (χ3n) is 4.67. The molecule has 1 aliphatic rings. The summed E-state index contributed by atoms with van der Waals surface area (Å²) in [5.74, 6) is -0.520. The zero-order valence-corrected chi connectivity index (χ0v) is 16.3. The van der Waals surface area contributed by atoms with Crippen LogP contribution in [0.4, 0.5) is 5.69 Å². The van der Waals surface area contributed by atoms with Crippen LogP contribution in [0.1, 0.15) is 17.0 Å². The fourth-order valence-electron chi connectivity index (χ4n) is 3.29. The minimum atomic E-state index is -0.362. The maximum atomic E-state index is 12.6. The molecule has 3 aromatic rings. The van der Waals surface area contributed by atoms with Crippen molar-refractivity contribution in [1.29, 1.82) is 0 Å². The molecule has 4 rings (SSSR count). The molecule has 138 valence electrons. The van der Waals surface area contributed by atoms with Crippen molar-refractivity contribution in [2.45, 2.75) is 19.9 Å². The molecular weight excluding hydrogens is 382 g/mol. The predicted molar refractivity (Wildman–Crippen MR) is 108 cm³/mol. The topological polar surface area (TPSA) is 62.3 Å². The van der Waals surface area contributed by atoms with E-state index in [0.29, 0.717) is 18.1 Å². The number of rotatable bonds is 4. The number of aromatic nitrogens is 1. The van der Waals surface area contributed by atoms with Crippen LogP contribution >= 0.6 is 22.9 Å².